The summed E-state index contributed by atoms with van der Waals surface area (Å²) in [4.78, 5) is 6.13. The number of hydrogen-bond acceptors (Lipinski definition) is 2. The van der Waals surface area contributed by atoms with Gasteiger partial charge in [0.1, 0.15) is 5.75 Å². The van der Waals surface area contributed by atoms with Crippen molar-refractivity contribution in [1.82, 2.24) is 9.88 Å². The zero-order valence-corrected chi connectivity index (χ0v) is 14.6. The van der Waals surface area contributed by atoms with E-state index in [0.29, 0.717) is 11.7 Å². The number of aromatic nitrogens is 1. The molecule has 1 fully saturated rings. The van der Waals surface area contributed by atoms with Crippen LogP contribution in [0.2, 0.25) is 0 Å². The molecule has 1 aliphatic heterocycles. The second kappa shape index (κ2) is 5.37. The van der Waals surface area contributed by atoms with Gasteiger partial charge in [-0.05, 0) is 68.1 Å². The Morgan fingerprint density at radius 1 is 1.16 bits per heavy atom. The molecule has 1 aliphatic carbocycles. The maximum atomic E-state index is 9.93. The van der Waals surface area contributed by atoms with Gasteiger partial charge in [0.25, 0.3) is 0 Å². The molecule has 3 aromatic rings. The highest BCUT2D eigenvalue weighted by Gasteiger charge is 2.47. The van der Waals surface area contributed by atoms with Crippen molar-refractivity contribution in [2.24, 2.45) is 5.92 Å². The molecule has 2 heterocycles. The molecule has 2 unspecified atom stereocenters. The largest absolute Gasteiger partial charge is 0.508 e. The second-order valence-electron chi connectivity index (χ2n) is 7.92. The third-order valence-electron chi connectivity index (χ3n) is 6.52. The first-order valence-corrected chi connectivity index (χ1v) is 9.22. The minimum absolute atomic E-state index is 0.226. The number of piperidine rings is 1. The van der Waals surface area contributed by atoms with Crippen LogP contribution in [0.15, 0.2) is 48.5 Å². The van der Waals surface area contributed by atoms with Crippen molar-refractivity contribution in [3.05, 3.63) is 65.4 Å². The average molecular weight is 332 g/mol. The van der Waals surface area contributed by atoms with Gasteiger partial charge < -0.3 is 15.0 Å². The number of nitrogens with one attached hydrogen (secondary N) is 1. The van der Waals surface area contributed by atoms with Crippen LogP contribution in [0, 0.1) is 5.92 Å². The van der Waals surface area contributed by atoms with Crippen molar-refractivity contribution < 1.29 is 5.11 Å². The number of benzene rings is 2. The predicted octanol–water partition coefficient (Wildman–Crippen LogP) is 3.86. The highest BCUT2D eigenvalue weighted by atomic mass is 16.3. The number of H-pyrrole nitrogens is 1. The topological polar surface area (TPSA) is 39.3 Å². The summed E-state index contributed by atoms with van der Waals surface area (Å²) in [6, 6.07) is 16.8. The van der Waals surface area contributed by atoms with Crippen LogP contribution in [-0.4, -0.2) is 35.1 Å². The van der Waals surface area contributed by atoms with Gasteiger partial charge in [-0.15, -0.1) is 0 Å². The van der Waals surface area contributed by atoms with Crippen molar-refractivity contribution in [1.29, 1.82) is 0 Å². The van der Waals surface area contributed by atoms with E-state index in [9.17, 15) is 5.11 Å². The lowest BCUT2D eigenvalue weighted by Gasteiger charge is -2.50. The highest BCUT2D eigenvalue weighted by molar-refractivity contribution is 5.86. The van der Waals surface area contributed by atoms with E-state index in [-0.39, 0.29) is 5.41 Å². The van der Waals surface area contributed by atoms with Gasteiger partial charge in [0.15, 0.2) is 0 Å². The van der Waals surface area contributed by atoms with Crippen molar-refractivity contribution in [2.75, 3.05) is 20.1 Å². The molecule has 2 N–H and O–H groups in total. The summed E-state index contributed by atoms with van der Waals surface area (Å²) in [6.45, 7) is 2.29. The number of likely N-dealkylation sites (tertiary alicyclic amines) is 1. The van der Waals surface area contributed by atoms with Gasteiger partial charge in [-0.3, -0.25) is 0 Å². The number of phenols is 1. The molecule has 1 saturated heterocycles. The van der Waals surface area contributed by atoms with E-state index in [1.165, 1.54) is 28.6 Å². The average Bonchev–Trinajstić information content (AvgIpc) is 2.97. The van der Waals surface area contributed by atoms with E-state index in [1.807, 2.05) is 12.1 Å². The zero-order valence-electron chi connectivity index (χ0n) is 14.6. The number of aromatic hydroxyl groups is 1. The molecule has 0 radical (unpaired) electrons. The third-order valence-corrected chi connectivity index (χ3v) is 6.52. The molecule has 2 atom stereocenters. The highest BCUT2D eigenvalue weighted by Crippen LogP contribution is 2.49. The van der Waals surface area contributed by atoms with E-state index in [4.69, 9.17) is 0 Å². The summed E-state index contributed by atoms with van der Waals surface area (Å²) in [6.07, 6.45) is 3.36. The van der Waals surface area contributed by atoms with Crippen molar-refractivity contribution in [2.45, 2.75) is 24.7 Å². The second-order valence-corrected chi connectivity index (χ2v) is 7.92. The smallest absolute Gasteiger partial charge is 0.116 e. The Morgan fingerprint density at radius 2 is 2.00 bits per heavy atom. The van der Waals surface area contributed by atoms with Crippen LogP contribution in [0.3, 0.4) is 0 Å². The Labute approximate surface area is 148 Å². The first kappa shape index (κ1) is 15.0. The quantitative estimate of drug-likeness (QED) is 0.710. The van der Waals surface area contributed by atoms with Crippen LogP contribution in [-0.2, 0) is 18.3 Å². The molecule has 1 aromatic heterocycles. The Balaban J connectivity index is 1.68. The van der Waals surface area contributed by atoms with E-state index in [0.717, 1.165) is 31.4 Å². The lowest BCUT2D eigenvalue weighted by Crippen LogP contribution is -2.52. The number of nitrogens with zero attached hydrogens (tertiary/aromatic N) is 1. The first-order chi connectivity index (χ1) is 12.2. The van der Waals surface area contributed by atoms with Gasteiger partial charge in [0.05, 0.1) is 0 Å². The maximum Gasteiger partial charge on any atom is 0.116 e. The van der Waals surface area contributed by atoms with E-state index in [2.05, 4.69) is 47.3 Å². The Morgan fingerprint density at radius 3 is 2.84 bits per heavy atom. The third kappa shape index (κ3) is 2.22. The number of fused-ring (bicyclic) bond motifs is 4. The molecule has 0 saturated carbocycles. The maximum absolute atomic E-state index is 9.93. The summed E-state index contributed by atoms with van der Waals surface area (Å²) in [5, 5.41) is 11.1. The number of phenolic OH excluding ortho intramolecular Hbond substituents is 1. The Hall–Kier alpha value is -2.26. The molecule has 25 heavy (non-hydrogen) atoms. The lowest BCUT2D eigenvalue weighted by molar-refractivity contribution is 0.0996. The SMILES string of the molecule is CN1CCC2(c3ccccc3)Cc3[nH]c4ccc(O)cc4c3CC2C1. The van der Waals surface area contributed by atoms with Crippen LogP contribution in [0.4, 0.5) is 0 Å². The zero-order chi connectivity index (χ0) is 17.0. The lowest BCUT2D eigenvalue weighted by atomic mass is 9.59. The van der Waals surface area contributed by atoms with Gasteiger partial charge in [0.2, 0.25) is 0 Å². The normalized spacial score (nSPS) is 26.4. The number of hydrogen-bond donors (Lipinski definition) is 2. The molecule has 2 aliphatic rings. The molecule has 0 bridgehead atoms. The molecule has 2 aromatic carbocycles. The van der Waals surface area contributed by atoms with Crippen LogP contribution >= 0.6 is 0 Å². The van der Waals surface area contributed by atoms with Crippen LogP contribution in [0.5, 0.6) is 5.75 Å². The summed E-state index contributed by atoms with van der Waals surface area (Å²) < 4.78 is 0. The standard InChI is InChI=1S/C22H24N2O/c1-24-10-9-22(15-5-3-2-4-6-15)13-21-18(11-16(22)14-24)19-12-17(25)7-8-20(19)23-21/h2-8,12,16,23,25H,9-11,13-14H2,1H3. The molecule has 3 nitrogen and oxygen atoms in total. The molecular weight excluding hydrogens is 308 g/mol. The fourth-order valence-corrected chi connectivity index (χ4v) is 5.22. The Kier molecular flexibility index (Phi) is 3.23. The molecule has 0 amide bonds. The van der Waals surface area contributed by atoms with Gasteiger partial charge in [0, 0.05) is 28.6 Å². The summed E-state index contributed by atoms with van der Waals surface area (Å²) in [7, 11) is 2.24. The summed E-state index contributed by atoms with van der Waals surface area (Å²) >= 11 is 0. The summed E-state index contributed by atoms with van der Waals surface area (Å²) in [5.41, 5.74) is 5.64. The van der Waals surface area contributed by atoms with Crippen LogP contribution < -0.4 is 0 Å². The number of aromatic amines is 1. The predicted molar refractivity (Wildman–Crippen MR) is 101 cm³/mol. The van der Waals surface area contributed by atoms with Gasteiger partial charge in [-0.1, -0.05) is 30.3 Å². The minimum atomic E-state index is 0.226. The van der Waals surface area contributed by atoms with Gasteiger partial charge in [-0.2, -0.15) is 0 Å². The van der Waals surface area contributed by atoms with Crippen molar-refractivity contribution in [3.63, 3.8) is 0 Å². The number of rotatable bonds is 1. The molecule has 3 heteroatoms. The Bertz CT molecular complexity index is 930. The fourth-order valence-electron chi connectivity index (χ4n) is 5.22. The van der Waals surface area contributed by atoms with Crippen LogP contribution in [0.25, 0.3) is 10.9 Å². The van der Waals surface area contributed by atoms with Crippen LogP contribution in [0.1, 0.15) is 23.2 Å². The minimum Gasteiger partial charge on any atom is -0.508 e. The fraction of sp³-hybridized carbons (Fsp3) is 0.364. The van der Waals surface area contributed by atoms with E-state index in [1.54, 1.807) is 6.07 Å². The molecular formula is C22H24N2O. The van der Waals surface area contributed by atoms with Crippen molar-refractivity contribution >= 4 is 10.9 Å². The van der Waals surface area contributed by atoms with Crippen molar-refractivity contribution in [3.8, 4) is 5.75 Å². The van der Waals surface area contributed by atoms with Gasteiger partial charge >= 0.3 is 0 Å². The first-order valence-electron chi connectivity index (χ1n) is 9.22. The van der Waals surface area contributed by atoms with E-state index >= 15 is 0 Å². The molecule has 0 spiro atoms. The van der Waals surface area contributed by atoms with E-state index < -0.39 is 0 Å². The molecule has 5 rings (SSSR count). The summed E-state index contributed by atoms with van der Waals surface area (Å²) in [5.74, 6) is 0.970. The molecule has 128 valence electrons. The van der Waals surface area contributed by atoms with Gasteiger partial charge in [-0.25, -0.2) is 0 Å². The monoisotopic (exact) mass is 332 g/mol.